The van der Waals surface area contributed by atoms with Gasteiger partial charge >= 0.3 is 18.5 Å². The van der Waals surface area contributed by atoms with Gasteiger partial charge in [0, 0.05) is 12.8 Å². The van der Waals surface area contributed by atoms with Crippen LogP contribution in [0.15, 0.2) is 17.2 Å². The highest BCUT2D eigenvalue weighted by molar-refractivity contribution is 5.89. The summed E-state index contributed by atoms with van der Waals surface area (Å²) >= 11 is 0. The average Bonchev–Trinajstić information content (AvgIpc) is 2.87. The molecular weight excluding hydrogens is 437 g/mol. The highest BCUT2D eigenvalue weighted by Gasteiger charge is 2.53. The summed E-state index contributed by atoms with van der Waals surface area (Å²) in [7, 11) is 0.673. The van der Waals surface area contributed by atoms with E-state index >= 15 is 0 Å². The minimum atomic E-state index is -5.40. The van der Waals surface area contributed by atoms with E-state index in [9.17, 15) is 44.6 Å². The van der Waals surface area contributed by atoms with Crippen LogP contribution in [0.4, 0.5) is 45.2 Å². The Morgan fingerprint density at radius 3 is 1.87 bits per heavy atom. The van der Waals surface area contributed by atoms with E-state index in [1.165, 1.54) is 0 Å². The van der Waals surface area contributed by atoms with Gasteiger partial charge in [0.15, 0.2) is 12.3 Å². The van der Waals surface area contributed by atoms with Crippen LogP contribution in [0.5, 0.6) is 0 Å². The van der Waals surface area contributed by atoms with Gasteiger partial charge in [-0.25, -0.2) is 5.01 Å². The maximum atomic E-state index is 13.3. The molecule has 2 rings (SSSR count). The number of nitriles is 1. The second-order valence-electron chi connectivity index (χ2n) is 6.25. The monoisotopic (exact) mass is 449 g/mol. The van der Waals surface area contributed by atoms with Crippen molar-refractivity contribution in [3.8, 4) is 6.07 Å². The minimum absolute atomic E-state index is 0.103. The van der Waals surface area contributed by atoms with Gasteiger partial charge in [-0.15, -0.1) is 0 Å². The summed E-state index contributed by atoms with van der Waals surface area (Å²) in [4.78, 5) is 0. The first kappa shape index (κ1) is 23.7. The predicted molar refractivity (Wildman–Crippen MR) is 83.1 cm³/mol. The number of rotatable bonds is 3. The van der Waals surface area contributed by atoms with Crippen LogP contribution < -0.4 is 5.01 Å². The Morgan fingerprint density at radius 1 is 1.07 bits per heavy atom. The Kier molecular flexibility index (Phi) is 6.03. The lowest BCUT2D eigenvalue weighted by atomic mass is 9.95. The van der Waals surface area contributed by atoms with Crippen molar-refractivity contribution in [2.45, 2.75) is 37.8 Å². The van der Waals surface area contributed by atoms with Crippen molar-refractivity contribution < 1.29 is 49.4 Å². The number of hydrogen-bond acceptors (Lipinski definition) is 5. The fourth-order valence-electron chi connectivity index (χ4n) is 3.06. The standard InChI is InChI=1S/C16H12F9N3O2/c1-6-11(12(30-2)16(23,24)25)13(29)28(27-6)7-3-9(14(17,18)19)8(5-26)10(4-7)15(20,21)22/h3-4,11-13,29H,1-2H3. The largest absolute Gasteiger partial charge is 0.417 e. The van der Waals surface area contributed by atoms with E-state index in [-0.39, 0.29) is 17.1 Å². The molecule has 1 N–H and O–H groups in total. The normalized spacial score (nSPS) is 21.4. The molecule has 0 amide bonds. The van der Waals surface area contributed by atoms with Crippen molar-refractivity contribution in [3.63, 3.8) is 0 Å². The van der Waals surface area contributed by atoms with Crippen LogP contribution >= 0.6 is 0 Å². The number of aliphatic hydroxyl groups excluding tert-OH is 1. The van der Waals surface area contributed by atoms with Crippen LogP contribution in [0.25, 0.3) is 0 Å². The molecule has 0 radical (unpaired) electrons. The number of methoxy groups -OCH3 is 1. The zero-order valence-corrected chi connectivity index (χ0v) is 15.0. The molecule has 3 atom stereocenters. The summed E-state index contributed by atoms with van der Waals surface area (Å²) in [5.74, 6) is -1.92. The Morgan fingerprint density at radius 2 is 1.53 bits per heavy atom. The van der Waals surface area contributed by atoms with Crippen LogP contribution in [0.1, 0.15) is 23.6 Å². The maximum absolute atomic E-state index is 13.3. The molecule has 0 aromatic heterocycles. The molecule has 5 nitrogen and oxygen atoms in total. The van der Waals surface area contributed by atoms with Crippen LogP contribution in [0, 0.1) is 17.2 Å². The van der Waals surface area contributed by atoms with Crippen molar-refractivity contribution in [2.75, 3.05) is 12.1 Å². The van der Waals surface area contributed by atoms with E-state index < -0.39 is 64.9 Å². The van der Waals surface area contributed by atoms with E-state index in [0.29, 0.717) is 7.11 Å². The third-order valence-electron chi connectivity index (χ3n) is 4.33. The van der Waals surface area contributed by atoms with E-state index in [2.05, 4.69) is 9.84 Å². The quantitative estimate of drug-likeness (QED) is 0.699. The summed E-state index contributed by atoms with van der Waals surface area (Å²) in [5.41, 5.74) is -7.09. The number of ether oxygens (including phenoxy) is 1. The molecule has 14 heteroatoms. The molecule has 1 aliphatic rings. The lowest BCUT2D eigenvalue weighted by molar-refractivity contribution is -0.228. The molecule has 30 heavy (non-hydrogen) atoms. The summed E-state index contributed by atoms with van der Waals surface area (Å²) in [6, 6.07) is 1.05. The van der Waals surface area contributed by atoms with E-state index in [0.717, 1.165) is 13.0 Å². The smallest absolute Gasteiger partial charge is 0.371 e. The van der Waals surface area contributed by atoms with Gasteiger partial charge in [-0.2, -0.15) is 49.9 Å². The van der Waals surface area contributed by atoms with Gasteiger partial charge in [0.1, 0.15) is 6.07 Å². The number of hydrogen-bond donors (Lipinski definition) is 1. The van der Waals surface area contributed by atoms with Gasteiger partial charge in [0.05, 0.1) is 28.3 Å². The first-order chi connectivity index (χ1) is 13.5. The number of aliphatic hydroxyl groups is 1. The van der Waals surface area contributed by atoms with Crippen LogP contribution in [-0.4, -0.2) is 36.4 Å². The molecular formula is C16H12F9N3O2. The number of nitrogens with zero attached hydrogens (tertiary/aromatic N) is 3. The fourth-order valence-corrected chi connectivity index (χ4v) is 3.06. The van der Waals surface area contributed by atoms with Gasteiger partial charge in [-0.1, -0.05) is 0 Å². The SMILES string of the molecule is COC(C1C(C)=NN(c2cc(C(F)(F)F)c(C#N)c(C(F)(F)F)c2)C1O)C(F)(F)F. The Labute approximate surface area is 162 Å². The number of alkyl halides is 9. The van der Waals surface area contributed by atoms with Crippen molar-refractivity contribution >= 4 is 11.4 Å². The van der Waals surface area contributed by atoms with E-state index in [4.69, 9.17) is 5.26 Å². The van der Waals surface area contributed by atoms with Crippen LogP contribution in [0.3, 0.4) is 0 Å². The van der Waals surface area contributed by atoms with E-state index in [1.54, 1.807) is 0 Å². The highest BCUT2D eigenvalue weighted by Crippen LogP contribution is 2.44. The highest BCUT2D eigenvalue weighted by atomic mass is 19.4. The Hall–Kier alpha value is -2.53. The second-order valence-corrected chi connectivity index (χ2v) is 6.25. The van der Waals surface area contributed by atoms with Gasteiger partial charge in [0.2, 0.25) is 0 Å². The van der Waals surface area contributed by atoms with Crippen molar-refractivity contribution in [3.05, 3.63) is 28.8 Å². The first-order valence-electron chi connectivity index (χ1n) is 7.88. The van der Waals surface area contributed by atoms with E-state index in [1.807, 2.05) is 0 Å². The third kappa shape index (κ3) is 4.31. The Bertz CT molecular complexity index is 849. The molecule has 1 aromatic rings. The van der Waals surface area contributed by atoms with Crippen LogP contribution in [-0.2, 0) is 17.1 Å². The number of benzene rings is 1. The number of anilines is 1. The topological polar surface area (TPSA) is 68.8 Å². The zero-order chi connectivity index (χ0) is 23.2. The fraction of sp³-hybridized carbons (Fsp3) is 0.500. The first-order valence-corrected chi connectivity index (χ1v) is 7.88. The molecule has 166 valence electrons. The lowest BCUT2D eigenvalue weighted by Crippen LogP contribution is -2.47. The van der Waals surface area contributed by atoms with Crippen LogP contribution in [0.2, 0.25) is 0 Å². The third-order valence-corrected chi connectivity index (χ3v) is 4.33. The maximum Gasteiger partial charge on any atom is 0.417 e. The molecule has 1 heterocycles. The second kappa shape index (κ2) is 7.62. The summed E-state index contributed by atoms with van der Waals surface area (Å²) < 4.78 is 123. The molecule has 0 saturated heterocycles. The lowest BCUT2D eigenvalue weighted by Gasteiger charge is -2.30. The van der Waals surface area contributed by atoms with Crippen molar-refractivity contribution in [1.29, 1.82) is 5.26 Å². The van der Waals surface area contributed by atoms with Gasteiger partial charge in [-0.3, -0.25) is 0 Å². The molecule has 0 saturated carbocycles. The number of halogens is 9. The van der Waals surface area contributed by atoms with Gasteiger partial charge in [-0.05, 0) is 19.1 Å². The Balaban J connectivity index is 2.67. The zero-order valence-electron chi connectivity index (χ0n) is 15.0. The molecule has 1 aromatic carbocycles. The summed E-state index contributed by atoms with van der Waals surface area (Å²) in [6.07, 6.45) is -20.7. The molecule has 0 aliphatic carbocycles. The molecule has 1 aliphatic heterocycles. The minimum Gasteiger partial charge on any atom is -0.371 e. The molecule has 0 bridgehead atoms. The molecule has 0 fully saturated rings. The number of hydrazone groups is 1. The molecule has 0 spiro atoms. The average molecular weight is 449 g/mol. The van der Waals surface area contributed by atoms with Gasteiger partial charge < -0.3 is 9.84 Å². The van der Waals surface area contributed by atoms with Gasteiger partial charge in [0.25, 0.3) is 0 Å². The van der Waals surface area contributed by atoms with Crippen molar-refractivity contribution in [2.24, 2.45) is 11.0 Å². The summed E-state index contributed by atoms with van der Waals surface area (Å²) in [5, 5.41) is 22.8. The van der Waals surface area contributed by atoms with Crippen molar-refractivity contribution in [1.82, 2.24) is 0 Å². The predicted octanol–water partition coefficient (Wildman–Crippen LogP) is 4.30. The molecule has 3 unspecified atom stereocenters. The summed E-state index contributed by atoms with van der Waals surface area (Å²) in [6.45, 7) is 1.00.